The van der Waals surface area contributed by atoms with Gasteiger partial charge in [0.15, 0.2) is 11.0 Å². The molecule has 5 heteroatoms. The van der Waals surface area contributed by atoms with Crippen molar-refractivity contribution >= 4 is 28.5 Å². The molecule has 122 valence electrons. The van der Waals surface area contributed by atoms with E-state index in [4.69, 9.17) is 16.0 Å². The average Bonchev–Trinajstić information content (AvgIpc) is 2.58. The molecule has 0 fully saturated rings. The SMILES string of the molecule is CCNC(=O)c1cccc2c(=O)c(C)c(-c3ccc(Cl)cc3)oc12. The number of carbonyl (C=O) groups excluding carboxylic acids is 1. The van der Waals surface area contributed by atoms with Crippen LogP contribution in [0.25, 0.3) is 22.3 Å². The largest absolute Gasteiger partial charge is 0.455 e. The minimum Gasteiger partial charge on any atom is -0.455 e. The van der Waals surface area contributed by atoms with Gasteiger partial charge in [-0.3, -0.25) is 9.59 Å². The van der Waals surface area contributed by atoms with Crippen molar-refractivity contribution in [2.24, 2.45) is 0 Å². The summed E-state index contributed by atoms with van der Waals surface area (Å²) in [5.41, 5.74) is 1.73. The van der Waals surface area contributed by atoms with Crippen LogP contribution in [0.5, 0.6) is 0 Å². The Morgan fingerprint density at radius 1 is 1.17 bits per heavy atom. The van der Waals surface area contributed by atoms with Crippen LogP contribution in [0.2, 0.25) is 5.02 Å². The van der Waals surface area contributed by atoms with Crippen LogP contribution >= 0.6 is 11.6 Å². The first kappa shape index (κ1) is 16.3. The molecule has 3 aromatic rings. The highest BCUT2D eigenvalue weighted by atomic mass is 35.5. The fourth-order valence-electron chi connectivity index (χ4n) is 2.62. The monoisotopic (exact) mass is 341 g/mol. The van der Waals surface area contributed by atoms with Crippen LogP contribution in [0, 0.1) is 6.92 Å². The van der Waals surface area contributed by atoms with Gasteiger partial charge < -0.3 is 9.73 Å². The molecule has 3 rings (SSSR count). The first-order valence-corrected chi connectivity index (χ1v) is 8.01. The molecule has 1 heterocycles. The number of hydrogen-bond donors (Lipinski definition) is 1. The molecule has 0 atom stereocenters. The molecule has 0 bridgehead atoms. The number of carbonyl (C=O) groups is 1. The zero-order valence-electron chi connectivity index (χ0n) is 13.4. The van der Waals surface area contributed by atoms with Crippen LogP contribution in [0.15, 0.2) is 51.7 Å². The van der Waals surface area contributed by atoms with Crippen molar-refractivity contribution in [1.82, 2.24) is 5.32 Å². The van der Waals surface area contributed by atoms with Crippen LogP contribution in [0.4, 0.5) is 0 Å². The van der Waals surface area contributed by atoms with Crippen molar-refractivity contribution in [3.05, 3.63) is 68.8 Å². The highest BCUT2D eigenvalue weighted by molar-refractivity contribution is 6.30. The summed E-state index contributed by atoms with van der Waals surface area (Å²) in [5, 5.41) is 3.73. The molecule has 0 saturated heterocycles. The molecule has 0 radical (unpaired) electrons. The maximum absolute atomic E-state index is 12.7. The molecule has 1 amide bonds. The van der Waals surface area contributed by atoms with E-state index in [1.54, 1.807) is 49.4 Å². The van der Waals surface area contributed by atoms with Crippen molar-refractivity contribution in [3.63, 3.8) is 0 Å². The summed E-state index contributed by atoms with van der Waals surface area (Å²) in [7, 11) is 0. The Labute approximate surface area is 144 Å². The molecule has 1 N–H and O–H groups in total. The summed E-state index contributed by atoms with van der Waals surface area (Å²) < 4.78 is 5.99. The third-order valence-corrected chi connectivity index (χ3v) is 4.09. The van der Waals surface area contributed by atoms with Gasteiger partial charge >= 0.3 is 0 Å². The van der Waals surface area contributed by atoms with Crippen LogP contribution in [-0.2, 0) is 0 Å². The van der Waals surface area contributed by atoms with Crippen molar-refractivity contribution in [3.8, 4) is 11.3 Å². The molecule has 0 unspecified atom stereocenters. The smallest absolute Gasteiger partial charge is 0.255 e. The molecule has 24 heavy (non-hydrogen) atoms. The number of halogens is 1. The zero-order valence-corrected chi connectivity index (χ0v) is 14.1. The molecule has 1 aromatic heterocycles. The third kappa shape index (κ3) is 2.81. The summed E-state index contributed by atoms with van der Waals surface area (Å²) in [6.07, 6.45) is 0. The lowest BCUT2D eigenvalue weighted by atomic mass is 10.0. The van der Waals surface area contributed by atoms with Gasteiger partial charge in [0.1, 0.15) is 5.76 Å². The Bertz CT molecular complexity index is 974. The maximum atomic E-state index is 12.7. The molecule has 0 aliphatic rings. The fourth-order valence-corrected chi connectivity index (χ4v) is 2.75. The number of amides is 1. The van der Waals surface area contributed by atoms with E-state index < -0.39 is 0 Å². The summed E-state index contributed by atoms with van der Waals surface area (Å²) in [6, 6.07) is 12.0. The second kappa shape index (κ2) is 6.49. The Hall–Kier alpha value is -2.59. The fraction of sp³-hybridized carbons (Fsp3) is 0.158. The van der Waals surface area contributed by atoms with E-state index in [0.29, 0.717) is 39.4 Å². The standard InChI is InChI=1S/C19H16ClNO3/c1-3-21-19(23)15-6-4-5-14-16(22)11(2)17(24-18(14)15)12-7-9-13(20)10-8-12/h4-10H,3H2,1-2H3,(H,21,23). The molecular weight excluding hydrogens is 326 g/mol. The zero-order chi connectivity index (χ0) is 17.3. The minimum absolute atomic E-state index is 0.146. The summed E-state index contributed by atoms with van der Waals surface area (Å²) in [5.74, 6) is 0.179. The van der Waals surface area contributed by atoms with Crippen LogP contribution in [-0.4, -0.2) is 12.5 Å². The van der Waals surface area contributed by atoms with Crippen molar-refractivity contribution in [1.29, 1.82) is 0 Å². The van der Waals surface area contributed by atoms with E-state index in [1.807, 2.05) is 6.92 Å². The first-order valence-electron chi connectivity index (χ1n) is 7.63. The lowest BCUT2D eigenvalue weighted by molar-refractivity contribution is 0.0956. The number of fused-ring (bicyclic) bond motifs is 1. The molecule has 0 aliphatic carbocycles. The predicted molar refractivity (Wildman–Crippen MR) is 95.7 cm³/mol. The van der Waals surface area contributed by atoms with Crippen molar-refractivity contribution in [2.75, 3.05) is 6.54 Å². The van der Waals surface area contributed by atoms with Gasteiger partial charge in [-0.25, -0.2) is 0 Å². The Morgan fingerprint density at radius 3 is 2.54 bits per heavy atom. The van der Waals surface area contributed by atoms with E-state index in [0.717, 1.165) is 5.56 Å². The second-order valence-electron chi connectivity index (χ2n) is 5.43. The second-order valence-corrected chi connectivity index (χ2v) is 5.87. The lowest BCUT2D eigenvalue weighted by Crippen LogP contribution is -2.23. The highest BCUT2D eigenvalue weighted by Crippen LogP contribution is 2.28. The van der Waals surface area contributed by atoms with Gasteiger partial charge in [0.25, 0.3) is 5.91 Å². The Morgan fingerprint density at radius 2 is 1.88 bits per heavy atom. The van der Waals surface area contributed by atoms with E-state index in [9.17, 15) is 9.59 Å². The molecule has 4 nitrogen and oxygen atoms in total. The number of nitrogens with one attached hydrogen (secondary N) is 1. The summed E-state index contributed by atoms with van der Waals surface area (Å²) in [4.78, 5) is 25.0. The van der Waals surface area contributed by atoms with E-state index in [-0.39, 0.29) is 11.3 Å². The number of benzene rings is 2. The Kier molecular flexibility index (Phi) is 4.40. The quantitative estimate of drug-likeness (QED) is 0.777. The molecule has 0 saturated carbocycles. The van der Waals surface area contributed by atoms with E-state index in [1.165, 1.54) is 0 Å². The highest BCUT2D eigenvalue weighted by Gasteiger charge is 2.17. The van der Waals surface area contributed by atoms with E-state index >= 15 is 0 Å². The van der Waals surface area contributed by atoms with E-state index in [2.05, 4.69) is 5.32 Å². The normalized spacial score (nSPS) is 10.8. The van der Waals surface area contributed by atoms with Gasteiger partial charge in [-0.1, -0.05) is 17.7 Å². The molecular formula is C19H16ClNO3. The minimum atomic E-state index is -0.267. The van der Waals surface area contributed by atoms with Gasteiger partial charge in [-0.15, -0.1) is 0 Å². The first-order chi connectivity index (χ1) is 11.5. The van der Waals surface area contributed by atoms with Gasteiger partial charge in [0.05, 0.1) is 10.9 Å². The molecule has 0 spiro atoms. The number of para-hydroxylation sites is 1. The van der Waals surface area contributed by atoms with Gasteiger partial charge in [-0.05, 0) is 50.2 Å². The summed E-state index contributed by atoms with van der Waals surface area (Å²) >= 11 is 5.92. The van der Waals surface area contributed by atoms with Gasteiger partial charge in [0, 0.05) is 22.7 Å². The van der Waals surface area contributed by atoms with Gasteiger partial charge in [0.2, 0.25) is 0 Å². The predicted octanol–water partition coefficient (Wildman–Crippen LogP) is 4.17. The topological polar surface area (TPSA) is 59.3 Å². The number of rotatable bonds is 3. The van der Waals surface area contributed by atoms with Crippen LogP contribution in [0.3, 0.4) is 0 Å². The van der Waals surface area contributed by atoms with Crippen LogP contribution < -0.4 is 10.7 Å². The average molecular weight is 342 g/mol. The number of hydrogen-bond acceptors (Lipinski definition) is 3. The molecule has 2 aromatic carbocycles. The molecule has 0 aliphatic heterocycles. The summed E-state index contributed by atoms with van der Waals surface area (Å²) in [6.45, 7) is 4.05. The van der Waals surface area contributed by atoms with Crippen LogP contribution in [0.1, 0.15) is 22.8 Å². The van der Waals surface area contributed by atoms with Crippen molar-refractivity contribution in [2.45, 2.75) is 13.8 Å². The maximum Gasteiger partial charge on any atom is 0.255 e. The van der Waals surface area contributed by atoms with Crippen molar-refractivity contribution < 1.29 is 9.21 Å². The lowest BCUT2D eigenvalue weighted by Gasteiger charge is -2.10. The Balaban J connectivity index is 2.30. The third-order valence-electron chi connectivity index (χ3n) is 3.83. The van der Waals surface area contributed by atoms with Gasteiger partial charge in [-0.2, -0.15) is 0 Å².